The molecule has 0 saturated heterocycles. The van der Waals surface area contributed by atoms with E-state index in [4.69, 9.17) is 0 Å². The van der Waals surface area contributed by atoms with E-state index in [0.29, 0.717) is 0 Å². The molecule has 0 N–H and O–H groups in total. The van der Waals surface area contributed by atoms with Gasteiger partial charge in [0.1, 0.15) is 0 Å². The smallest absolute Gasteiger partial charge is 0.0678 e. The average molecular weight is 123 g/mol. The van der Waals surface area contributed by atoms with Gasteiger partial charge in [-0.2, -0.15) is 18.1 Å². The number of hydrogen-bond acceptors (Lipinski definition) is 0. The minimum Gasteiger partial charge on any atom is -0.222 e. The van der Waals surface area contributed by atoms with E-state index < -0.39 is 0 Å². The lowest BCUT2D eigenvalue weighted by atomic mass is 10.2. The van der Waals surface area contributed by atoms with Crippen molar-refractivity contribution in [2.24, 2.45) is 0 Å². The lowest BCUT2D eigenvalue weighted by molar-refractivity contribution is 0.627. The molecule has 0 bridgehead atoms. The monoisotopic (exact) mass is 123 g/mol. The molecule has 0 nitrogen and oxygen atoms in total. The quantitative estimate of drug-likeness (QED) is 0.503. The van der Waals surface area contributed by atoms with E-state index in [9.17, 15) is 4.39 Å². The molecule has 0 aliphatic carbocycles. The highest BCUT2D eigenvalue weighted by Crippen LogP contribution is 2.04. The molecule has 1 rings (SSSR count). The number of halogens is 1. The van der Waals surface area contributed by atoms with Gasteiger partial charge in [0.05, 0.1) is 5.82 Å². The van der Waals surface area contributed by atoms with Gasteiger partial charge in [-0.15, -0.1) is 12.1 Å². The maximum absolute atomic E-state index is 12.3. The summed E-state index contributed by atoms with van der Waals surface area (Å²) in [7, 11) is 0. The summed E-state index contributed by atoms with van der Waals surface area (Å²) in [5.74, 6) is -0.175. The molecule has 0 heterocycles. The Morgan fingerprint density at radius 1 is 1.44 bits per heavy atom. The molecule has 48 valence electrons. The zero-order valence-corrected chi connectivity index (χ0v) is 5.26. The Hall–Kier alpha value is -0.980. The van der Waals surface area contributed by atoms with Gasteiger partial charge in [0.25, 0.3) is 0 Å². The Kier molecular flexibility index (Phi) is 1.73. The molecule has 0 fully saturated rings. The van der Waals surface area contributed by atoms with Gasteiger partial charge in [-0.1, -0.05) is 13.0 Å². The Bertz CT molecular complexity index is 194. The van der Waals surface area contributed by atoms with Crippen molar-refractivity contribution in [1.29, 1.82) is 0 Å². The molecule has 0 unspecified atom stereocenters. The van der Waals surface area contributed by atoms with Gasteiger partial charge in [-0.25, -0.2) is 4.39 Å². The first-order valence-electron chi connectivity index (χ1n) is 2.88. The molecule has 1 heteroatoms. The number of benzene rings is 1. The van der Waals surface area contributed by atoms with Crippen LogP contribution in [0.15, 0.2) is 24.3 Å². The first-order valence-corrected chi connectivity index (χ1v) is 2.88. The average Bonchev–Trinajstić information content (AvgIpc) is 1.88. The second-order valence-corrected chi connectivity index (χ2v) is 1.84. The van der Waals surface area contributed by atoms with Crippen molar-refractivity contribution in [1.82, 2.24) is 0 Å². The van der Waals surface area contributed by atoms with Crippen LogP contribution in [-0.2, 0) is 0 Å². The molecule has 0 atom stereocenters. The topological polar surface area (TPSA) is 0 Å². The van der Waals surface area contributed by atoms with Crippen LogP contribution in [0.5, 0.6) is 0 Å². The molecule has 9 heavy (non-hydrogen) atoms. The molecule has 0 aliphatic heterocycles. The third kappa shape index (κ3) is 1.46. The molecule has 0 amide bonds. The Morgan fingerprint density at radius 2 is 2.22 bits per heavy atom. The summed E-state index contributed by atoms with van der Waals surface area (Å²) in [5.41, 5.74) is 0.926. The standard InChI is InChI=1S/C8H8F/c1-2-7-4-3-5-8(9)6-7/h2-6H,1H3/q-1. The van der Waals surface area contributed by atoms with Gasteiger partial charge in [0.15, 0.2) is 0 Å². The summed E-state index contributed by atoms with van der Waals surface area (Å²) in [4.78, 5) is 0. The van der Waals surface area contributed by atoms with Crippen molar-refractivity contribution in [3.8, 4) is 0 Å². The van der Waals surface area contributed by atoms with Gasteiger partial charge in [0.2, 0.25) is 0 Å². The summed E-state index contributed by atoms with van der Waals surface area (Å²) in [5, 5.41) is 0. The van der Waals surface area contributed by atoms with E-state index >= 15 is 0 Å². The third-order valence-electron chi connectivity index (χ3n) is 1.18. The molecule has 0 radical (unpaired) electrons. The molecule has 0 saturated carbocycles. The summed E-state index contributed by atoms with van der Waals surface area (Å²) < 4.78 is 12.3. The van der Waals surface area contributed by atoms with Gasteiger partial charge >= 0.3 is 0 Å². The summed E-state index contributed by atoms with van der Waals surface area (Å²) >= 11 is 0. The highest BCUT2D eigenvalue weighted by Gasteiger charge is 1.79. The lowest BCUT2D eigenvalue weighted by Gasteiger charge is -2.03. The minimum atomic E-state index is -0.175. The minimum absolute atomic E-state index is 0.175. The Balaban J connectivity index is 2.94. The van der Waals surface area contributed by atoms with Crippen LogP contribution >= 0.6 is 0 Å². The molecule has 1 aromatic carbocycles. The fourth-order valence-electron chi connectivity index (χ4n) is 0.686. The third-order valence-corrected chi connectivity index (χ3v) is 1.18. The van der Waals surface area contributed by atoms with Crippen molar-refractivity contribution < 1.29 is 4.39 Å². The molecule has 1 aromatic rings. The van der Waals surface area contributed by atoms with Crippen molar-refractivity contribution in [2.75, 3.05) is 0 Å². The van der Waals surface area contributed by atoms with Gasteiger partial charge in [0, 0.05) is 0 Å². The van der Waals surface area contributed by atoms with Gasteiger partial charge < -0.3 is 0 Å². The van der Waals surface area contributed by atoms with Crippen LogP contribution in [0.4, 0.5) is 4.39 Å². The van der Waals surface area contributed by atoms with Crippen LogP contribution in [0.25, 0.3) is 0 Å². The second-order valence-electron chi connectivity index (χ2n) is 1.84. The maximum Gasteiger partial charge on any atom is 0.0678 e. The summed E-state index contributed by atoms with van der Waals surface area (Å²) in [6.07, 6.45) is 1.86. The molecule has 0 aromatic heterocycles. The Morgan fingerprint density at radius 3 is 2.67 bits per heavy atom. The van der Waals surface area contributed by atoms with E-state index in [1.807, 2.05) is 19.4 Å². The summed E-state index contributed by atoms with van der Waals surface area (Å²) in [6.45, 7) is 1.88. The molecule has 0 aliphatic rings. The zero-order valence-electron chi connectivity index (χ0n) is 5.26. The van der Waals surface area contributed by atoms with Crippen molar-refractivity contribution in [3.05, 3.63) is 42.1 Å². The molecule has 0 spiro atoms. The molecular weight excluding hydrogens is 115 g/mol. The van der Waals surface area contributed by atoms with Crippen LogP contribution in [-0.4, -0.2) is 0 Å². The lowest BCUT2D eigenvalue weighted by Crippen LogP contribution is -1.77. The Labute approximate surface area is 54.3 Å². The normalized spacial score (nSPS) is 9.11. The fourth-order valence-corrected chi connectivity index (χ4v) is 0.686. The van der Waals surface area contributed by atoms with Crippen LogP contribution in [0.1, 0.15) is 12.5 Å². The number of rotatable bonds is 1. The maximum atomic E-state index is 12.3. The fraction of sp³-hybridized carbons (Fsp3) is 0.125. The van der Waals surface area contributed by atoms with Crippen LogP contribution < -0.4 is 0 Å². The van der Waals surface area contributed by atoms with Crippen molar-refractivity contribution >= 4 is 0 Å². The van der Waals surface area contributed by atoms with Crippen molar-refractivity contribution in [2.45, 2.75) is 6.92 Å². The van der Waals surface area contributed by atoms with E-state index in [1.54, 1.807) is 6.07 Å². The highest BCUT2D eigenvalue weighted by atomic mass is 19.1. The largest absolute Gasteiger partial charge is 0.222 e. The van der Waals surface area contributed by atoms with Crippen molar-refractivity contribution in [3.63, 3.8) is 0 Å². The first-order chi connectivity index (χ1) is 4.33. The molecular formula is C8H8F-. The van der Waals surface area contributed by atoms with Gasteiger partial charge in [-0.05, 0) is 0 Å². The van der Waals surface area contributed by atoms with E-state index in [-0.39, 0.29) is 5.82 Å². The van der Waals surface area contributed by atoms with Crippen LogP contribution in [0, 0.1) is 12.2 Å². The van der Waals surface area contributed by atoms with E-state index in [0.717, 1.165) is 5.56 Å². The van der Waals surface area contributed by atoms with Crippen LogP contribution in [0.2, 0.25) is 0 Å². The first kappa shape index (κ1) is 6.14. The predicted molar refractivity (Wildman–Crippen MR) is 35.5 cm³/mol. The van der Waals surface area contributed by atoms with Gasteiger partial charge in [-0.3, -0.25) is 0 Å². The second kappa shape index (κ2) is 2.53. The number of hydrogen-bond donors (Lipinski definition) is 0. The summed E-state index contributed by atoms with van der Waals surface area (Å²) in [6, 6.07) is 6.50. The van der Waals surface area contributed by atoms with E-state index in [1.165, 1.54) is 12.1 Å². The zero-order chi connectivity index (χ0) is 6.69. The predicted octanol–water partition coefficient (Wildman–Crippen LogP) is 2.40. The SMILES string of the molecule is C[CH-]c1cccc(F)c1. The van der Waals surface area contributed by atoms with Crippen LogP contribution in [0.3, 0.4) is 0 Å². The van der Waals surface area contributed by atoms with E-state index in [2.05, 4.69) is 0 Å². The highest BCUT2D eigenvalue weighted by molar-refractivity contribution is 5.22.